The first-order valence-electron chi connectivity index (χ1n) is 0.707. The Hall–Kier alpha value is 0.0190. The molecule has 0 saturated carbocycles. The zero-order valence-corrected chi connectivity index (χ0v) is 5.15. The zero-order chi connectivity index (χ0) is 6.71. The molecule has 6 heteroatoms. The Labute approximate surface area is 55.7 Å². The quantitative estimate of drug-likeness (QED) is 0.464. The molecule has 43 valence electrons. The predicted octanol–water partition coefficient (Wildman–Crippen LogP) is -0.826. The Bertz CT molecular complexity index is 47.7. The molecular weight excluding hydrogens is 187 g/mol. The van der Waals surface area contributed by atoms with Gasteiger partial charge in [0, 0.05) is 0 Å². The van der Waals surface area contributed by atoms with Crippen LogP contribution in [-0.2, 0) is 49.1 Å². The Morgan fingerprint density at radius 3 is 1.14 bits per heavy atom. The summed E-state index contributed by atoms with van der Waals surface area (Å²) in [4.78, 5) is 16.2. The van der Waals surface area contributed by atoms with Crippen molar-refractivity contribution in [3.63, 3.8) is 0 Å². The number of carbonyl (C=O) groups excluding carboxylic acids is 2. The fourth-order valence-electron chi connectivity index (χ4n) is 0. The standard InChI is InChI=1S/CO2.Fe.Mn.2O/c2-1-3;;;;. The normalized spacial score (nSPS) is 2.43. The van der Waals surface area contributed by atoms with Gasteiger partial charge in [-0.2, -0.15) is 9.59 Å². The molecule has 0 heterocycles. The van der Waals surface area contributed by atoms with Crippen molar-refractivity contribution in [2.45, 2.75) is 0 Å². The van der Waals surface area contributed by atoms with Gasteiger partial charge in [-0.15, -0.1) is 0 Å². The summed E-state index contributed by atoms with van der Waals surface area (Å²) in [7, 11) is 0. The monoisotopic (exact) mass is 187 g/mol. The van der Waals surface area contributed by atoms with Crippen LogP contribution in [0.4, 0.5) is 0 Å². The van der Waals surface area contributed by atoms with Crippen molar-refractivity contribution in [3.8, 4) is 0 Å². The number of hydrogen-bond acceptors (Lipinski definition) is 4. The van der Waals surface area contributed by atoms with Crippen LogP contribution in [0.5, 0.6) is 0 Å². The summed E-state index contributed by atoms with van der Waals surface area (Å²) >= 11 is 3.69. The molecule has 0 atom stereocenters. The maximum absolute atomic E-state index is 8.12. The third-order valence-corrected chi connectivity index (χ3v) is 0. The Balaban J connectivity index is -0.0000000360. The third kappa shape index (κ3) is 270000. The van der Waals surface area contributed by atoms with E-state index in [-0.39, 0.29) is 6.15 Å². The van der Waals surface area contributed by atoms with Gasteiger partial charge < -0.3 is 0 Å². The molecule has 0 unspecified atom stereocenters. The molecular formula is CFeMnO4. The topological polar surface area (TPSA) is 68.3 Å². The summed E-state index contributed by atoms with van der Waals surface area (Å²) in [5.74, 6) is 0. The summed E-state index contributed by atoms with van der Waals surface area (Å²) in [6.45, 7) is 0. The molecule has 0 aromatic rings. The van der Waals surface area contributed by atoms with Crippen LogP contribution in [0.2, 0.25) is 0 Å². The Morgan fingerprint density at radius 1 is 1.14 bits per heavy atom. The minimum atomic E-state index is 0.250. The third-order valence-electron chi connectivity index (χ3n) is 0. The van der Waals surface area contributed by atoms with Gasteiger partial charge in [0.2, 0.25) is 0 Å². The molecule has 0 aromatic carbocycles. The van der Waals surface area contributed by atoms with Gasteiger partial charge in [-0.25, -0.2) is 0 Å². The van der Waals surface area contributed by atoms with Gasteiger partial charge in [0.05, 0.1) is 0 Å². The summed E-state index contributed by atoms with van der Waals surface area (Å²) in [5, 5.41) is 0. The van der Waals surface area contributed by atoms with Crippen LogP contribution in [0.3, 0.4) is 0 Å². The number of hydrogen-bond donors (Lipinski definition) is 0. The first kappa shape index (κ1) is 15.7. The van der Waals surface area contributed by atoms with Crippen LogP contribution < -0.4 is 0 Å². The second kappa shape index (κ2) is 146. The minimum absolute atomic E-state index is 0.250. The summed E-state index contributed by atoms with van der Waals surface area (Å²) in [6, 6.07) is 0. The second-order valence-corrected chi connectivity index (χ2v) is 0.0833. The molecule has 0 fully saturated rings. The summed E-state index contributed by atoms with van der Waals surface area (Å²) in [6.07, 6.45) is 0.250. The molecule has 0 aliphatic heterocycles. The molecule has 0 aliphatic rings. The molecule has 0 amide bonds. The number of rotatable bonds is 0. The first-order chi connectivity index (χ1) is 3.41. The summed E-state index contributed by atoms with van der Waals surface area (Å²) < 4.78 is 16.1. The van der Waals surface area contributed by atoms with E-state index in [0.717, 1.165) is 0 Å². The van der Waals surface area contributed by atoms with Crippen LogP contribution in [0.15, 0.2) is 0 Å². The molecule has 0 spiro atoms. The first-order valence-corrected chi connectivity index (χ1v) is 1.64. The van der Waals surface area contributed by atoms with Crippen molar-refractivity contribution < 1.29 is 49.1 Å². The van der Waals surface area contributed by atoms with Crippen molar-refractivity contribution >= 4 is 6.15 Å². The van der Waals surface area contributed by atoms with Crippen LogP contribution in [0.25, 0.3) is 0 Å². The Morgan fingerprint density at radius 2 is 1.14 bits per heavy atom. The van der Waals surface area contributed by atoms with Gasteiger partial charge in [-0.1, -0.05) is 0 Å². The second-order valence-electron chi connectivity index (χ2n) is 0.0833. The van der Waals surface area contributed by atoms with Gasteiger partial charge in [-0.3, -0.25) is 0 Å². The van der Waals surface area contributed by atoms with E-state index in [4.69, 9.17) is 17.3 Å². The van der Waals surface area contributed by atoms with Crippen molar-refractivity contribution in [1.29, 1.82) is 0 Å². The molecule has 4 nitrogen and oxygen atoms in total. The summed E-state index contributed by atoms with van der Waals surface area (Å²) in [5.41, 5.74) is 0. The Kier molecular flexibility index (Phi) is 328. The molecule has 0 radical (unpaired) electrons. The van der Waals surface area contributed by atoms with E-state index in [9.17, 15) is 0 Å². The molecule has 0 N–H and O–H groups in total. The molecule has 7 heavy (non-hydrogen) atoms. The van der Waals surface area contributed by atoms with E-state index in [2.05, 4.69) is 0 Å². The van der Waals surface area contributed by atoms with E-state index >= 15 is 0 Å². The average Bonchev–Trinajstić information content (AvgIpc) is 1.78. The van der Waals surface area contributed by atoms with Crippen molar-refractivity contribution in [3.05, 3.63) is 0 Å². The van der Waals surface area contributed by atoms with Gasteiger partial charge in [0.15, 0.2) is 0 Å². The van der Waals surface area contributed by atoms with Gasteiger partial charge in [0.1, 0.15) is 0 Å². The van der Waals surface area contributed by atoms with Crippen LogP contribution in [-0.4, -0.2) is 6.15 Å². The van der Waals surface area contributed by atoms with E-state index < -0.39 is 0 Å². The average molecular weight is 187 g/mol. The van der Waals surface area contributed by atoms with E-state index in [1.165, 1.54) is 0 Å². The van der Waals surface area contributed by atoms with Crippen LogP contribution in [0, 0.1) is 0 Å². The van der Waals surface area contributed by atoms with Crippen LogP contribution in [0.1, 0.15) is 0 Å². The SMILES string of the molecule is O=C=O.[O]=[Fe].[O]=[Mn]. The molecule has 0 aliphatic carbocycles. The molecule has 0 bridgehead atoms. The van der Waals surface area contributed by atoms with Gasteiger partial charge in [-0.05, 0) is 0 Å². The van der Waals surface area contributed by atoms with E-state index in [1.807, 2.05) is 15.9 Å². The fourth-order valence-corrected chi connectivity index (χ4v) is 0. The van der Waals surface area contributed by atoms with E-state index in [1.54, 1.807) is 15.9 Å². The molecule has 0 saturated heterocycles. The van der Waals surface area contributed by atoms with E-state index in [0.29, 0.717) is 0 Å². The predicted molar refractivity (Wildman–Crippen MR) is 6.38 cm³/mol. The van der Waals surface area contributed by atoms with Crippen molar-refractivity contribution in [2.24, 2.45) is 0 Å². The van der Waals surface area contributed by atoms with Crippen molar-refractivity contribution in [2.75, 3.05) is 0 Å². The fraction of sp³-hybridized carbons (Fsp3) is 0. The maximum atomic E-state index is 8.12. The zero-order valence-electron chi connectivity index (χ0n) is 2.86. The van der Waals surface area contributed by atoms with Crippen LogP contribution >= 0.6 is 0 Å². The van der Waals surface area contributed by atoms with Gasteiger partial charge in [0.25, 0.3) is 0 Å². The molecule has 0 rings (SSSR count). The molecule has 0 aromatic heterocycles. The van der Waals surface area contributed by atoms with Crippen molar-refractivity contribution in [1.82, 2.24) is 0 Å². The van der Waals surface area contributed by atoms with Gasteiger partial charge >= 0.3 is 45.7 Å².